The van der Waals surface area contributed by atoms with Crippen LogP contribution in [0.5, 0.6) is 0 Å². The highest BCUT2D eigenvalue weighted by Crippen LogP contribution is 2.15. The first-order valence-electron chi connectivity index (χ1n) is 7.89. The first kappa shape index (κ1) is 15.8. The number of H-pyrrole nitrogens is 2. The van der Waals surface area contributed by atoms with Gasteiger partial charge in [0.25, 0.3) is 0 Å². The number of hydrogen-bond donors (Lipinski definition) is 3. The molecule has 1 aromatic carbocycles. The van der Waals surface area contributed by atoms with Crippen molar-refractivity contribution < 1.29 is 9.53 Å². The molecule has 1 aliphatic rings. The van der Waals surface area contributed by atoms with E-state index in [4.69, 9.17) is 4.74 Å². The Morgan fingerprint density at radius 1 is 1.26 bits per heavy atom. The number of amides is 1. The highest BCUT2D eigenvalue weighted by atomic mass is 16.5. The zero-order chi connectivity index (χ0) is 16.4. The predicted molar refractivity (Wildman–Crippen MR) is 88.6 cm³/mol. The summed E-state index contributed by atoms with van der Waals surface area (Å²) >= 11 is 0. The lowest BCUT2D eigenvalue weighted by molar-refractivity contribution is -0.117. The summed E-state index contributed by atoms with van der Waals surface area (Å²) in [6.07, 6.45) is 0.838. The number of aromatic amines is 2. The molecule has 1 amide bonds. The van der Waals surface area contributed by atoms with Crippen LogP contribution >= 0.6 is 0 Å². The summed E-state index contributed by atoms with van der Waals surface area (Å²) in [6.45, 7) is 6.53. The van der Waals surface area contributed by atoms with E-state index in [9.17, 15) is 9.59 Å². The number of ether oxygens (including phenoxy) is 1. The van der Waals surface area contributed by atoms with E-state index in [2.05, 4.69) is 34.0 Å². The van der Waals surface area contributed by atoms with Crippen molar-refractivity contribution in [3.63, 3.8) is 0 Å². The molecular weight excluding hydrogens is 296 g/mol. The maximum Gasteiger partial charge on any atom is 0.323 e. The van der Waals surface area contributed by atoms with Crippen molar-refractivity contribution >= 4 is 22.6 Å². The summed E-state index contributed by atoms with van der Waals surface area (Å²) in [6, 6.07) is 5.31. The van der Waals surface area contributed by atoms with Crippen molar-refractivity contribution in [1.82, 2.24) is 14.9 Å². The number of morpholine rings is 1. The average Bonchev–Trinajstić information content (AvgIpc) is 2.83. The van der Waals surface area contributed by atoms with E-state index >= 15 is 0 Å². The number of nitrogens with one attached hydrogen (secondary N) is 3. The van der Waals surface area contributed by atoms with Crippen LogP contribution in [0.25, 0.3) is 11.0 Å². The van der Waals surface area contributed by atoms with Gasteiger partial charge in [-0.3, -0.25) is 9.69 Å². The lowest BCUT2D eigenvalue weighted by atomic mass is 10.2. The molecule has 23 heavy (non-hydrogen) atoms. The highest BCUT2D eigenvalue weighted by Gasteiger charge is 2.22. The second-order valence-electron chi connectivity index (χ2n) is 6.15. The van der Waals surface area contributed by atoms with Gasteiger partial charge in [-0.25, -0.2) is 4.79 Å². The number of carbonyl (C=O) groups excluding carboxylic acids is 1. The Morgan fingerprint density at radius 3 is 2.70 bits per heavy atom. The van der Waals surface area contributed by atoms with Gasteiger partial charge in [-0.1, -0.05) is 0 Å². The fourth-order valence-electron chi connectivity index (χ4n) is 3.06. The molecule has 0 radical (unpaired) electrons. The van der Waals surface area contributed by atoms with Crippen molar-refractivity contribution in [1.29, 1.82) is 0 Å². The molecule has 0 spiro atoms. The Bertz CT molecular complexity index is 741. The second-order valence-corrected chi connectivity index (χ2v) is 6.15. The molecule has 0 saturated carbocycles. The van der Waals surface area contributed by atoms with Crippen LogP contribution in [-0.2, 0) is 9.53 Å². The Hall–Kier alpha value is -2.12. The van der Waals surface area contributed by atoms with Gasteiger partial charge >= 0.3 is 5.69 Å². The molecule has 124 valence electrons. The Labute approximate surface area is 134 Å². The standard InChI is InChI=1S/C16H22N4O3/c1-10-8-20(9-11(2)23-10)6-5-15(21)17-12-3-4-13-14(7-12)19-16(22)18-13/h3-4,7,10-11H,5-6,8-9H2,1-2H3,(H,17,21)(H2,18,19,22). The van der Waals surface area contributed by atoms with Crippen LogP contribution in [0.1, 0.15) is 20.3 Å². The molecule has 2 heterocycles. The third-order valence-corrected chi connectivity index (χ3v) is 3.95. The molecule has 2 atom stereocenters. The van der Waals surface area contributed by atoms with Crippen LogP contribution in [0.15, 0.2) is 23.0 Å². The van der Waals surface area contributed by atoms with Crippen LogP contribution in [0.2, 0.25) is 0 Å². The molecule has 0 aliphatic carbocycles. The van der Waals surface area contributed by atoms with E-state index in [1.54, 1.807) is 18.2 Å². The Morgan fingerprint density at radius 2 is 1.96 bits per heavy atom. The Balaban J connectivity index is 1.54. The predicted octanol–water partition coefficient (Wildman–Crippen LogP) is 1.29. The minimum atomic E-state index is -0.251. The first-order valence-corrected chi connectivity index (χ1v) is 7.89. The molecule has 1 aliphatic heterocycles. The lowest BCUT2D eigenvalue weighted by Gasteiger charge is -2.35. The summed E-state index contributed by atoms with van der Waals surface area (Å²) in [5.74, 6) is -0.0333. The minimum absolute atomic E-state index is 0.0333. The number of benzene rings is 1. The zero-order valence-corrected chi connectivity index (χ0v) is 13.4. The van der Waals surface area contributed by atoms with E-state index in [1.165, 1.54) is 0 Å². The number of aromatic nitrogens is 2. The minimum Gasteiger partial charge on any atom is -0.373 e. The van der Waals surface area contributed by atoms with Crippen molar-refractivity contribution in [3.8, 4) is 0 Å². The fourth-order valence-corrected chi connectivity index (χ4v) is 3.06. The summed E-state index contributed by atoms with van der Waals surface area (Å²) in [4.78, 5) is 31.0. The van der Waals surface area contributed by atoms with Crippen LogP contribution in [0.3, 0.4) is 0 Å². The van der Waals surface area contributed by atoms with Crippen LogP contribution in [-0.4, -0.2) is 52.6 Å². The van der Waals surface area contributed by atoms with Crippen molar-refractivity contribution in [2.24, 2.45) is 0 Å². The maximum absolute atomic E-state index is 12.1. The number of hydrogen-bond acceptors (Lipinski definition) is 4. The summed E-state index contributed by atoms with van der Waals surface area (Å²) in [5, 5.41) is 2.87. The highest BCUT2D eigenvalue weighted by molar-refractivity contribution is 5.93. The van der Waals surface area contributed by atoms with Gasteiger partial charge in [0.1, 0.15) is 0 Å². The largest absolute Gasteiger partial charge is 0.373 e. The van der Waals surface area contributed by atoms with Crippen LogP contribution < -0.4 is 11.0 Å². The van der Waals surface area contributed by atoms with Gasteiger partial charge in [0.05, 0.1) is 23.2 Å². The van der Waals surface area contributed by atoms with Crippen LogP contribution in [0, 0.1) is 0 Å². The Kier molecular flexibility index (Phi) is 4.49. The SMILES string of the molecule is CC1CN(CCC(=O)Nc2ccc3[nH]c(=O)[nH]c3c2)CC(C)O1. The number of fused-ring (bicyclic) bond motifs is 1. The van der Waals surface area contributed by atoms with Gasteiger partial charge in [-0.05, 0) is 32.0 Å². The monoisotopic (exact) mass is 318 g/mol. The van der Waals surface area contributed by atoms with Gasteiger partial charge in [-0.2, -0.15) is 0 Å². The summed E-state index contributed by atoms with van der Waals surface area (Å²) < 4.78 is 5.69. The quantitative estimate of drug-likeness (QED) is 0.792. The molecule has 3 N–H and O–H groups in total. The van der Waals surface area contributed by atoms with Crippen molar-refractivity contribution in [2.45, 2.75) is 32.5 Å². The molecule has 3 rings (SSSR count). The molecule has 2 aromatic rings. The number of nitrogens with zero attached hydrogens (tertiary/aromatic N) is 1. The van der Waals surface area contributed by atoms with Crippen molar-refractivity contribution in [2.75, 3.05) is 25.0 Å². The molecule has 1 aromatic heterocycles. The van der Waals surface area contributed by atoms with Crippen molar-refractivity contribution in [3.05, 3.63) is 28.7 Å². The van der Waals surface area contributed by atoms with E-state index < -0.39 is 0 Å². The summed E-state index contributed by atoms with van der Waals surface area (Å²) in [7, 11) is 0. The van der Waals surface area contributed by atoms with Gasteiger partial charge in [0.15, 0.2) is 0 Å². The molecule has 7 heteroatoms. The van der Waals surface area contributed by atoms with E-state index in [-0.39, 0.29) is 23.8 Å². The average molecular weight is 318 g/mol. The topological polar surface area (TPSA) is 90.2 Å². The normalized spacial score (nSPS) is 22.3. The van der Waals surface area contributed by atoms with E-state index in [0.717, 1.165) is 18.6 Å². The number of anilines is 1. The third kappa shape index (κ3) is 4.00. The molecule has 1 fully saturated rings. The number of rotatable bonds is 4. The number of imidazole rings is 1. The molecule has 7 nitrogen and oxygen atoms in total. The smallest absolute Gasteiger partial charge is 0.323 e. The van der Waals surface area contributed by atoms with E-state index in [0.29, 0.717) is 24.2 Å². The van der Waals surface area contributed by atoms with Gasteiger partial charge in [0, 0.05) is 31.7 Å². The third-order valence-electron chi connectivity index (χ3n) is 3.95. The molecule has 0 bridgehead atoms. The van der Waals surface area contributed by atoms with Crippen LogP contribution in [0.4, 0.5) is 5.69 Å². The van der Waals surface area contributed by atoms with Gasteiger partial charge in [0.2, 0.25) is 5.91 Å². The lowest BCUT2D eigenvalue weighted by Crippen LogP contribution is -2.46. The zero-order valence-electron chi connectivity index (χ0n) is 13.4. The molecule has 2 unspecified atom stereocenters. The van der Waals surface area contributed by atoms with Gasteiger partial charge < -0.3 is 20.0 Å². The summed E-state index contributed by atoms with van der Waals surface area (Å²) in [5.41, 5.74) is 1.84. The number of carbonyl (C=O) groups is 1. The second kappa shape index (κ2) is 6.55. The van der Waals surface area contributed by atoms with E-state index in [1.807, 2.05) is 0 Å². The maximum atomic E-state index is 12.1. The molecule has 1 saturated heterocycles. The molecular formula is C16H22N4O3. The van der Waals surface area contributed by atoms with Gasteiger partial charge in [-0.15, -0.1) is 0 Å². The first-order chi connectivity index (χ1) is 11.0. The fraction of sp³-hybridized carbons (Fsp3) is 0.500.